The molecule has 4 nitrogen and oxygen atoms in total. The number of hydrazine groups is 1. The van der Waals surface area contributed by atoms with Crippen LogP contribution in [0, 0.1) is 5.41 Å². The topological polar surface area (TPSA) is 56.4 Å². The first-order valence-corrected chi connectivity index (χ1v) is 6.79. The Bertz CT molecular complexity index is 591. The summed E-state index contributed by atoms with van der Waals surface area (Å²) in [7, 11) is 0. The zero-order valence-electron chi connectivity index (χ0n) is 10.5. The second kappa shape index (κ2) is 5.17. The third-order valence-corrected chi connectivity index (χ3v) is 4.00. The van der Waals surface area contributed by atoms with Crippen molar-refractivity contribution in [2.24, 2.45) is 5.73 Å². The number of halogens is 6. The van der Waals surface area contributed by atoms with Gasteiger partial charge in [0.2, 0.25) is 5.12 Å². The van der Waals surface area contributed by atoms with Gasteiger partial charge in [0.15, 0.2) is 0 Å². The SMILES string of the molecule is CC1C(=N)C(N)(Cl)N(c2cc(Cl)ccc2Cl)N1C(F)(F)F. The Morgan fingerprint density at radius 1 is 1.33 bits per heavy atom. The molecule has 2 rings (SSSR count). The summed E-state index contributed by atoms with van der Waals surface area (Å²) in [6.07, 6.45) is -4.80. The zero-order valence-corrected chi connectivity index (χ0v) is 12.8. The summed E-state index contributed by atoms with van der Waals surface area (Å²) in [6.45, 7) is 1.18. The number of nitrogens with zero attached hydrogens (tertiary/aromatic N) is 2. The van der Waals surface area contributed by atoms with Crippen LogP contribution in [0.25, 0.3) is 0 Å². The molecule has 3 N–H and O–H groups in total. The number of hydrogen-bond acceptors (Lipinski definition) is 4. The maximum Gasteiger partial charge on any atom is 0.478 e. The standard InChI is InChI=1S/C11H10Cl3F3N4/c1-5-9(18)10(14,19)21(20(5)11(15,16)17)8-4-6(12)2-3-7(8)13/h2-5,18H,19H2,1H3. The van der Waals surface area contributed by atoms with E-state index >= 15 is 0 Å². The molecular formula is C11H10Cl3F3N4. The van der Waals surface area contributed by atoms with E-state index in [9.17, 15) is 13.2 Å². The first-order chi connectivity index (χ1) is 9.48. The van der Waals surface area contributed by atoms with Crippen molar-refractivity contribution in [2.75, 3.05) is 5.01 Å². The second-order valence-electron chi connectivity index (χ2n) is 4.48. The van der Waals surface area contributed by atoms with Crippen molar-refractivity contribution < 1.29 is 13.2 Å². The quantitative estimate of drug-likeness (QED) is 0.591. The van der Waals surface area contributed by atoms with Gasteiger partial charge in [0.25, 0.3) is 0 Å². The van der Waals surface area contributed by atoms with Gasteiger partial charge in [0.1, 0.15) is 0 Å². The smallest absolute Gasteiger partial charge is 0.303 e. The molecule has 10 heteroatoms. The van der Waals surface area contributed by atoms with Crippen LogP contribution >= 0.6 is 34.8 Å². The Hall–Kier alpha value is -0.730. The van der Waals surface area contributed by atoms with Crippen LogP contribution in [-0.4, -0.2) is 28.2 Å². The Kier molecular flexibility index (Phi) is 4.10. The van der Waals surface area contributed by atoms with Crippen LogP contribution < -0.4 is 10.7 Å². The lowest BCUT2D eigenvalue weighted by Crippen LogP contribution is -2.58. The van der Waals surface area contributed by atoms with Crippen molar-refractivity contribution >= 4 is 46.2 Å². The van der Waals surface area contributed by atoms with E-state index in [1.165, 1.54) is 25.1 Å². The first-order valence-electron chi connectivity index (χ1n) is 5.66. The molecular weight excluding hydrogens is 352 g/mol. The van der Waals surface area contributed by atoms with Gasteiger partial charge in [-0.25, -0.2) is 0 Å². The molecule has 2 unspecified atom stereocenters. The van der Waals surface area contributed by atoms with Crippen LogP contribution in [0.5, 0.6) is 0 Å². The van der Waals surface area contributed by atoms with Crippen LogP contribution in [0.1, 0.15) is 6.92 Å². The lowest BCUT2D eigenvalue weighted by atomic mass is 10.2. The molecule has 1 heterocycles. The van der Waals surface area contributed by atoms with Gasteiger partial charge in [-0.15, -0.1) is 5.01 Å². The minimum Gasteiger partial charge on any atom is -0.303 e. The van der Waals surface area contributed by atoms with Crippen molar-refractivity contribution in [2.45, 2.75) is 24.4 Å². The molecule has 0 spiro atoms. The molecule has 0 bridgehead atoms. The van der Waals surface area contributed by atoms with E-state index in [-0.39, 0.29) is 20.7 Å². The number of hydrogen-bond donors (Lipinski definition) is 2. The molecule has 1 saturated heterocycles. The molecule has 1 aliphatic rings. The van der Waals surface area contributed by atoms with Gasteiger partial charge in [-0.05, 0) is 25.1 Å². The van der Waals surface area contributed by atoms with Gasteiger partial charge < -0.3 is 5.41 Å². The van der Waals surface area contributed by atoms with Gasteiger partial charge in [0.05, 0.1) is 22.5 Å². The molecule has 0 aromatic heterocycles. The van der Waals surface area contributed by atoms with E-state index in [2.05, 4.69) is 0 Å². The molecule has 0 amide bonds. The molecule has 116 valence electrons. The molecule has 0 aliphatic carbocycles. The average Bonchev–Trinajstić information content (AvgIpc) is 2.52. The number of benzene rings is 1. The third-order valence-electron chi connectivity index (χ3n) is 3.08. The molecule has 1 aromatic carbocycles. The second-order valence-corrected chi connectivity index (χ2v) is 5.90. The van der Waals surface area contributed by atoms with Crippen molar-refractivity contribution in [1.82, 2.24) is 5.01 Å². The average molecular weight is 362 g/mol. The third kappa shape index (κ3) is 2.68. The number of nitrogens with one attached hydrogen (secondary N) is 1. The molecule has 0 saturated carbocycles. The maximum atomic E-state index is 13.3. The van der Waals surface area contributed by atoms with E-state index < -0.39 is 23.2 Å². The Balaban J connectivity index is 2.66. The van der Waals surface area contributed by atoms with Crippen LogP contribution in [-0.2, 0) is 0 Å². The van der Waals surface area contributed by atoms with Crippen molar-refractivity contribution in [1.29, 1.82) is 5.41 Å². The predicted molar refractivity (Wildman–Crippen MR) is 76.8 cm³/mol. The molecule has 2 atom stereocenters. The summed E-state index contributed by atoms with van der Waals surface area (Å²) < 4.78 is 39.9. The van der Waals surface area contributed by atoms with E-state index in [1.807, 2.05) is 0 Å². The Labute approximate surface area is 133 Å². The molecule has 0 radical (unpaired) electrons. The van der Waals surface area contributed by atoms with Gasteiger partial charge in [-0.1, -0.05) is 34.8 Å². The molecule has 1 aliphatic heterocycles. The minimum atomic E-state index is -4.80. The van der Waals surface area contributed by atoms with Crippen LogP contribution in [0.15, 0.2) is 18.2 Å². The first kappa shape index (κ1) is 16.6. The van der Waals surface area contributed by atoms with Gasteiger partial charge >= 0.3 is 6.30 Å². The van der Waals surface area contributed by atoms with Crippen molar-refractivity contribution in [3.63, 3.8) is 0 Å². The highest BCUT2D eigenvalue weighted by Gasteiger charge is 2.60. The summed E-state index contributed by atoms with van der Waals surface area (Å²) in [5.74, 6) is 0. The highest BCUT2D eigenvalue weighted by atomic mass is 35.5. The highest BCUT2D eigenvalue weighted by molar-refractivity contribution is 6.40. The van der Waals surface area contributed by atoms with E-state index in [0.717, 1.165) is 0 Å². The van der Waals surface area contributed by atoms with Gasteiger partial charge in [-0.2, -0.15) is 13.2 Å². The Morgan fingerprint density at radius 3 is 2.43 bits per heavy atom. The van der Waals surface area contributed by atoms with Gasteiger partial charge in [0, 0.05) is 5.02 Å². The summed E-state index contributed by atoms with van der Waals surface area (Å²) >= 11 is 17.7. The molecule has 1 aromatic rings. The van der Waals surface area contributed by atoms with E-state index in [4.69, 9.17) is 45.9 Å². The number of rotatable bonds is 1. The van der Waals surface area contributed by atoms with Crippen LogP contribution in [0.3, 0.4) is 0 Å². The summed E-state index contributed by atoms with van der Waals surface area (Å²) in [4.78, 5) is 0. The van der Waals surface area contributed by atoms with Gasteiger partial charge in [-0.3, -0.25) is 10.7 Å². The fourth-order valence-electron chi connectivity index (χ4n) is 2.13. The number of alkyl halides is 4. The monoisotopic (exact) mass is 360 g/mol. The largest absolute Gasteiger partial charge is 0.478 e. The highest BCUT2D eigenvalue weighted by Crippen LogP contribution is 2.44. The van der Waals surface area contributed by atoms with E-state index in [0.29, 0.717) is 5.01 Å². The Morgan fingerprint density at radius 2 is 1.90 bits per heavy atom. The van der Waals surface area contributed by atoms with E-state index in [1.54, 1.807) is 0 Å². The number of nitrogens with two attached hydrogens (primary N) is 1. The maximum absolute atomic E-state index is 13.3. The summed E-state index contributed by atoms with van der Waals surface area (Å²) in [5, 5.41) is 6.20. The fourth-order valence-corrected chi connectivity index (χ4v) is 2.83. The minimum absolute atomic E-state index is 0.0222. The lowest BCUT2D eigenvalue weighted by molar-refractivity contribution is -0.251. The van der Waals surface area contributed by atoms with Crippen molar-refractivity contribution in [3.05, 3.63) is 28.2 Å². The number of anilines is 1. The fraction of sp³-hybridized carbons (Fsp3) is 0.364. The normalized spacial score (nSPS) is 27.5. The predicted octanol–water partition coefficient (Wildman–Crippen LogP) is 3.81. The molecule has 21 heavy (non-hydrogen) atoms. The van der Waals surface area contributed by atoms with Crippen LogP contribution in [0.4, 0.5) is 18.9 Å². The summed E-state index contributed by atoms with van der Waals surface area (Å²) in [6, 6.07) is 2.58. The zero-order chi connectivity index (χ0) is 16.2. The van der Waals surface area contributed by atoms with Crippen LogP contribution in [0.2, 0.25) is 10.0 Å². The molecule has 1 fully saturated rings. The summed E-state index contributed by atoms with van der Waals surface area (Å²) in [5.41, 5.74) is 5.08. The lowest BCUT2D eigenvalue weighted by Gasteiger charge is -2.37. The van der Waals surface area contributed by atoms with Crippen molar-refractivity contribution in [3.8, 4) is 0 Å².